The van der Waals surface area contributed by atoms with E-state index in [0.717, 1.165) is 21.8 Å². The zero-order valence-corrected chi connectivity index (χ0v) is 12.9. The molecule has 2 atom stereocenters. The van der Waals surface area contributed by atoms with E-state index >= 15 is 0 Å². The molecule has 0 saturated carbocycles. The van der Waals surface area contributed by atoms with Crippen molar-refractivity contribution >= 4 is 21.8 Å². The lowest BCUT2D eigenvalue weighted by molar-refractivity contribution is -0.111. The minimum absolute atomic E-state index is 0.640. The van der Waals surface area contributed by atoms with Gasteiger partial charge in [0, 0.05) is 28.9 Å². The predicted molar refractivity (Wildman–Crippen MR) is 86.1 cm³/mol. The molecule has 4 rings (SSSR count). The van der Waals surface area contributed by atoms with Crippen LogP contribution in [0.5, 0.6) is 5.75 Å². The molecule has 0 aliphatic carbocycles. The van der Waals surface area contributed by atoms with Gasteiger partial charge < -0.3 is 19.5 Å². The molecule has 0 unspecified atom stereocenters. The predicted octanol–water partition coefficient (Wildman–Crippen LogP) is 2.90. The van der Waals surface area contributed by atoms with Crippen LogP contribution in [0.2, 0.25) is 0 Å². The summed E-state index contributed by atoms with van der Waals surface area (Å²) in [6.45, 7) is 3.57. The molecule has 0 bridgehead atoms. The molecule has 1 aromatic heterocycles. The average Bonchev–Trinajstić information content (AvgIpc) is 2.78. The van der Waals surface area contributed by atoms with Gasteiger partial charge in [-0.15, -0.1) is 0 Å². The van der Waals surface area contributed by atoms with Crippen LogP contribution in [0.1, 0.15) is 25.5 Å². The lowest BCUT2D eigenvalue weighted by Crippen LogP contribution is -2.48. The Morgan fingerprint density at radius 1 is 1.05 bits per heavy atom. The van der Waals surface area contributed by atoms with Gasteiger partial charge in [0.25, 0.3) is 0 Å². The van der Waals surface area contributed by atoms with Crippen molar-refractivity contribution in [3.8, 4) is 5.75 Å². The highest BCUT2D eigenvalue weighted by atomic mass is 16.5. The molecule has 0 radical (unpaired) electrons. The van der Waals surface area contributed by atoms with Crippen LogP contribution in [0.3, 0.4) is 0 Å². The summed E-state index contributed by atoms with van der Waals surface area (Å²) in [6, 6.07) is 12.0. The van der Waals surface area contributed by atoms with Gasteiger partial charge in [0.2, 0.25) is 0 Å². The monoisotopic (exact) mass is 297 g/mol. The zero-order chi connectivity index (χ0) is 15.6. The second-order valence-electron chi connectivity index (χ2n) is 6.54. The van der Waals surface area contributed by atoms with Crippen LogP contribution in [0.4, 0.5) is 0 Å². The molecule has 4 heteroatoms. The average molecular weight is 297 g/mol. The molecule has 22 heavy (non-hydrogen) atoms. The lowest BCUT2D eigenvalue weighted by Gasteiger charge is -2.40. The van der Waals surface area contributed by atoms with Gasteiger partial charge in [0.05, 0.1) is 5.52 Å². The summed E-state index contributed by atoms with van der Waals surface area (Å²) >= 11 is 0. The highest BCUT2D eigenvalue weighted by Crippen LogP contribution is 2.45. The molecular weight excluding hydrogens is 278 g/mol. The van der Waals surface area contributed by atoms with Crippen molar-refractivity contribution < 1.29 is 14.9 Å². The maximum Gasteiger partial charge on any atom is 0.132 e. The Balaban J connectivity index is 2.13. The molecule has 114 valence electrons. The molecule has 0 fully saturated rings. The van der Waals surface area contributed by atoms with Crippen LogP contribution in [-0.2, 0) is 7.05 Å². The molecule has 3 aromatic rings. The van der Waals surface area contributed by atoms with Crippen molar-refractivity contribution in [1.82, 2.24) is 4.57 Å². The number of rotatable bonds is 0. The summed E-state index contributed by atoms with van der Waals surface area (Å²) in [4.78, 5) is 0. The van der Waals surface area contributed by atoms with Gasteiger partial charge in [0.1, 0.15) is 23.6 Å². The van der Waals surface area contributed by atoms with Gasteiger partial charge in [0.15, 0.2) is 0 Å². The molecule has 1 aliphatic rings. The molecule has 2 aromatic carbocycles. The topological polar surface area (TPSA) is 54.6 Å². The Kier molecular flexibility index (Phi) is 2.63. The first-order valence-electron chi connectivity index (χ1n) is 7.47. The zero-order valence-electron chi connectivity index (χ0n) is 12.9. The molecule has 2 N–H and O–H groups in total. The van der Waals surface area contributed by atoms with Gasteiger partial charge in [-0.25, -0.2) is 0 Å². The van der Waals surface area contributed by atoms with E-state index in [0.29, 0.717) is 11.3 Å². The van der Waals surface area contributed by atoms with E-state index in [-0.39, 0.29) is 0 Å². The van der Waals surface area contributed by atoms with Crippen LogP contribution in [0.25, 0.3) is 21.8 Å². The third-order valence-corrected chi connectivity index (χ3v) is 4.75. The van der Waals surface area contributed by atoms with Crippen LogP contribution in [-0.4, -0.2) is 26.5 Å². The molecule has 1 aliphatic heterocycles. The number of aliphatic hydroxyl groups excluding tert-OH is 2. The Labute approximate surface area is 128 Å². The van der Waals surface area contributed by atoms with Gasteiger partial charge in [-0.05, 0) is 32.0 Å². The number of aromatic nitrogens is 1. The number of hydrogen-bond acceptors (Lipinski definition) is 3. The molecule has 0 amide bonds. The number of hydrogen-bond donors (Lipinski definition) is 2. The molecule has 2 heterocycles. The van der Waals surface area contributed by atoms with E-state index in [2.05, 4.69) is 16.7 Å². The highest BCUT2D eigenvalue weighted by Gasteiger charge is 2.43. The van der Waals surface area contributed by atoms with E-state index in [9.17, 15) is 10.2 Å². The first-order chi connectivity index (χ1) is 10.4. The minimum Gasteiger partial charge on any atom is -0.485 e. The van der Waals surface area contributed by atoms with Crippen molar-refractivity contribution in [2.45, 2.75) is 31.7 Å². The molecule has 4 nitrogen and oxygen atoms in total. The number of benzene rings is 2. The Morgan fingerprint density at radius 2 is 1.77 bits per heavy atom. The lowest BCUT2D eigenvalue weighted by atomic mass is 9.87. The number of aliphatic hydroxyl groups is 2. The third kappa shape index (κ3) is 1.59. The fourth-order valence-corrected chi connectivity index (χ4v) is 3.54. The maximum absolute atomic E-state index is 10.7. The standard InChI is InChI=1S/C18H19NO3/c1-18(2)17(21)16(20)14-13(22-18)9-8-11-10-6-4-5-7-12(10)19(3)15(11)14/h4-9,16-17,20-21H,1-3H3/t16-,17-/m1/s1. The van der Waals surface area contributed by atoms with Gasteiger partial charge in [-0.2, -0.15) is 0 Å². The van der Waals surface area contributed by atoms with Crippen molar-refractivity contribution in [2.75, 3.05) is 0 Å². The largest absolute Gasteiger partial charge is 0.485 e. The number of fused-ring (bicyclic) bond motifs is 5. The summed E-state index contributed by atoms with van der Waals surface area (Å²) in [6.07, 6.45) is -1.94. The van der Waals surface area contributed by atoms with E-state index < -0.39 is 17.8 Å². The van der Waals surface area contributed by atoms with Gasteiger partial charge >= 0.3 is 0 Å². The van der Waals surface area contributed by atoms with Gasteiger partial charge in [-0.3, -0.25) is 0 Å². The summed E-state index contributed by atoms with van der Waals surface area (Å²) < 4.78 is 7.99. The molecular formula is C18H19NO3. The van der Waals surface area contributed by atoms with Crippen LogP contribution in [0.15, 0.2) is 36.4 Å². The first-order valence-corrected chi connectivity index (χ1v) is 7.47. The van der Waals surface area contributed by atoms with Gasteiger partial charge in [-0.1, -0.05) is 18.2 Å². The molecule has 0 spiro atoms. The fraction of sp³-hybridized carbons (Fsp3) is 0.333. The second-order valence-corrected chi connectivity index (χ2v) is 6.54. The summed E-state index contributed by atoms with van der Waals surface area (Å²) in [5.74, 6) is 0.640. The normalized spacial score (nSPS) is 23.5. The molecule has 0 saturated heterocycles. The quantitative estimate of drug-likeness (QED) is 0.671. The summed E-state index contributed by atoms with van der Waals surface area (Å²) in [7, 11) is 1.98. The summed E-state index contributed by atoms with van der Waals surface area (Å²) in [5.41, 5.74) is 1.87. The van der Waals surface area contributed by atoms with Crippen LogP contribution in [0, 0.1) is 0 Å². The van der Waals surface area contributed by atoms with Crippen molar-refractivity contribution in [3.05, 3.63) is 42.0 Å². The van der Waals surface area contributed by atoms with Crippen molar-refractivity contribution in [3.63, 3.8) is 0 Å². The first kappa shape index (κ1) is 13.6. The fourth-order valence-electron chi connectivity index (χ4n) is 3.54. The number of nitrogens with zero attached hydrogens (tertiary/aromatic N) is 1. The third-order valence-electron chi connectivity index (χ3n) is 4.75. The minimum atomic E-state index is -0.969. The Bertz CT molecular complexity index is 894. The van der Waals surface area contributed by atoms with E-state index in [1.54, 1.807) is 13.8 Å². The smallest absolute Gasteiger partial charge is 0.132 e. The van der Waals surface area contributed by atoms with E-state index in [1.165, 1.54) is 0 Å². The maximum atomic E-state index is 10.7. The van der Waals surface area contributed by atoms with E-state index in [1.807, 2.05) is 31.3 Å². The number of aryl methyl sites for hydroxylation is 1. The number of para-hydroxylation sites is 1. The van der Waals surface area contributed by atoms with Crippen LogP contribution < -0.4 is 4.74 Å². The second kappa shape index (κ2) is 4.24. The van der Waals surface area contributed by atoms with Crippen molar-refractivity contribution in [1.29, 1.82) is 0 Å². The van der Waals surface area contributed by atoms with Crippen molar-refractivity contribution in [2.24, 2.45) is 7.05 Å². The SMILES string of the molecule is Cn1c2ccccc2c2ccc3c(c21)[C@@H](O)[C@@H](O)C(C)(C)O3. The van der Waals surface area contributed by atoms with Crippen LogP contribution >= 0.6 is 0 Å². The number of ether oxygens (including phenoxy) is 1. The summed E-state index contributed by atoms with van der Waals surface area (Å²) in [5, 5.41) is 23.3. The Hall–Kier alpha value is -2.04. The highest BCUT2D eigenvalue weighted by molar-refractivity contribution is 6.09. The Morgan fingerprint density at radius 3 is 2.55 bits per heavy atom. The van der Waals surface area contributed by atoms with E-state index in [4.69, 9.17) is 4.74 Å².